The van der Waals surface area contributed by atoms with Crippen LogP contribution in [-0.4, -0.2) is 26.4 Å². The summed E-state index contributed by atoms with van der Waals surface area (Å²) in [5.41, 5.74) is 3.92. The largest absolute Gasteiger partial charge is 0.493 e. The molecule has 0 heterocycles. The smallest absolute Gasteiger partial charge is 0.251 e. The lowest BCUT2D eigenvalue weighted by atomic mass is 10.0. The predicted octanol–water partition coefficient (Wildman–Crippen LogP) is 4.37. The van der Waals surface area contributed by atoms with E-state index in [1.807, 2.05) is 50.2 Å². The molecule has 2 aromatic rings. The highest BCUT2D eigenvalue weighted by Gasteiger charge is 2.16. The Labute approximate surface area is 153 Å². The van der Waals surface area contributed by atoms with Gasteiger partial charge in [-0.05, 0) is 61.1 Å². The van der Waals surface area contributed by atoms with Crippen molar-refractivity contribution in [2.24, 2.45) is 0 Å². The number of carbonyl (C=O) groups is 1. The Morgan fingerprint density at radius 2 is 1.72 bits per heavy atom. The molecule has 0 radical (unpaired) electrons. The quantitative estimate of drug-likeness (QED) is 0.798. The van der Waals surface area contributed by atoms with Gasteiger partial charge in [0.1, 0.15) is 0 Å². The van der Waals surface area contributed by atoms with Gasteiger partial charge in [0, 0.05) is 11.3 Å². The Balaban J connectivity index is 2.15. The van der Waals surface area contributed by atoms with E-state index in [0.717, 1.165) is 16.9 Å². The van der Waals surface area contributed by atoms with E-state index in [2.05, 4.69) is 11.6 Å². The van der Waals surface area contributed by atoms with E-state index in [1.54, 1.807) is 26.0 Å². The molecule has 0 aliphatic rings. The summed E-state index contributed by atoms with van der Waals surface area (Å²) in [4.78, 5) is 12.5. The van der Waals surface area contributed by atoms with E-state index in [9.17, 15) is 4.79 Å². The maximum Gasteiger partial charge on any atom is 0.251 e. The van der Waals surface area contributed by atoms with Crippen LogP contribution in [0.1, 0.15) is 40.0 Å². The first-order valence-corrected chi connectivity index (χ1v) is 9.50. The number of methoxy groups -OCH3 is 2. The van der Waals surface area contributed by atoms with E-state index < -0.39 is 0 Å². The van der Waals surface area contributed by atoms with Crippen LogP contribution >= 0.6 is 11.8 Å². The Kier molecular flexibility index (Phi) is 6.76. The number of nitrogens with one attached hydrogen (secondary N) is 1. The molecule has 0 saturated heterocycles. The zero-order chi connectivity index (χ0) is 18.4. The van der Waals surface area contributed by atoms with Crippen molar-refractivity contribution in [2.45, 2.75) is 25.6 Å². The SMILES string of the molecule is COc1cc(C)c(C(C)NC(=O)c2ccc(CSC)cc2)cc1OC. The molecule has 134 valence electrons. The molecule has 0 aliphatic carbocycles. The highest BCUT2D eigenvalue weighted by Crippen LogP contribution is 2.32. The molecule has 1 amide bonds. The number of rotatable bonds is 7. The summed E-state index contributed by atoms with van der Waals surface area (Å²) in [6.45, 7) is 3.96. The van der Waals surface area contributed by atoms with Crippen LogP contribution in [0, 0.1) is 6.92 Å². The Morgan fingerprint density at radius 3 is 2.28 bits per heavy atom. The predicted molar refractivity (Wildman–Crippen MR) is 104 cm³/mol. The lowest BCUT2D eigenvalue weighted by Gasteiger charge is -2.19. The molecule has 25 heavy (non-hydrogen) atoms. The van der Waals surface area contributed by atoms with Crippen LogP contribution in [0.3, 0.4) is 0 Å². The van der Waals surface area contributed by atoms with Crippen LogP contribution in [0.4, 0.5) is 0 Å². The lowest BCUT2D eigenvalue weighted by molar-refractivity contribution is 0.0939. The number of hydrogen-bond acceptors (Lipinski definition) is 4. The van der Waals surface area contributed by atoms with E-state index in [0.29, 0.717) is 17.1 Å². The first kappa shape index (κ1) is 19.2. The number of hydrogen-bond donors (Lipinski definition) is 1. The third-order valence-corrected chi connectivity index (χ3v) is 4.74. The molecule has 2 aromatic carbocycles. The monoisotopic (exact) mass is 359 g/mol. The summed E-state index contributed by atoms with van der Waals surface area (Å²) >= 11 is 1.76. The molecule has 1 N–H and O–H groups in total. The van der Waals surface area contributed by atoms with Crippen molar-refractivity contribution in [3.63, 3.8) is 0 Å². The highest BCUT2D eigenvalue weighted by molar-refractivity contribution is 7.97. The molecule has 0 bridgehead atoms. The van der Waals surface area contributed by atoms with Crippen molar-refractivity contribution < 1.29 is 14.3 Å². The van der Waals surface area contributed by atoms with E-state index >= 15 is 0 Å². The van der Waals surface area contributed by atoms with Crippen molar-refractivity contribution in [3.8, 4) is 11.5 Å². The number of ether oxygens (including phenoxy) is 2. The van der Waals surface area contributed by atoms with Crippen molar-refractivity contribution in [1.82, 2.24) is 5.32 Å². The van der Waals surface area contributed by atoms with E-state index in [1.165, 1.54) is 5.56 Å². The number of aryl methyl sites for hydroxylation is 1. The second-order valence-electron chi connectivity index (χ2n) is 5.89. The minimum absolute atomic E-state index is 0.0858. The van der Waals surface area contributed by atoms with Crippen LogP contribution in [-0.2, 0) is 5.75 Å². The molecule has 0 spiro atoms. The first-order valence-electron chi connectivity index (χ1n) is 8.11. The van der Waals surface area contributed by atoms with Gasteiger partial charge in [-0.25, -0.2) is 0 Å². The number of amides is 1. The van der Waals surface area contributed by atoms with E-state index in [-0.39, 0.29) is 11.9 Å². The molecular weight excluding hydrogens is 334 g/mol. The fourth-order valence-corrected chi connectivity index (χ4v) is 3.27. The summed E-state index contributed by atoms with van der Waals surface area (Å²) < 4.78 is 10.7. The molecule has 2 rings (SSSR count). The third-order valence-electron chi connectivity index (χ3n) is 4.11. The van der Waals surface area contributed by atoms with Crippen molar-refractivity contribution >= 4 is 17.7 Å². The molecule has 1 atom stereocenters. The topological polar surface area (TPSA) is 47.6 Å². The van der Waals surface area contributed by atoms with E-state index in [4.69, 9.17) is 9.47 Å². The normalized spacial score (nSPS) is 11.7. The van der Waals surface area contributed by atoms with Gasteiger partial charge in [0.05, 0.1) is 20.3 Å². The summed E-state index contributed by atoms with van der Waals surface area (Å²) in [5.74, 6) is 2.21. The van der Waals surface area contributed by atoms with Crippen LogP contribution < -0.4 is 14.8 Å². The van der Waals surface area contributed by atoms with Crippen LogP contribution in [0.5, 0.6) is 11.5 Å². The number of benzene rings is 2. The molecule has 1 unspecified atom stereocenters. The minimum Gasteiger partial charge on any atom is -0.493 e. The zero-order valence-corrected chi connectivity index (χ0v) is 16.2. The van der Waals surface area contributed by atoms with Gasteiger partial charge in [-0.3, -0.25) is 4.79 Å². The Hall–Kier alpha value is -2.14. The molecule has 0 fully saturated rings. The lowest BCUT2D eigenvalue weighted by Crippen LogP contribution is -2.27. The molecular formula is C20H25NO3S. The summed E-state index contributed by atoms with van der Waals surface area (Å²) in [7, 11) is 3.22. The van der Waals surface area contributed by atoms with Gasteiger partial charge in [0.2, 0.25) is 0 Å². The van der Waals surface area contributed by atoms with Gasteiger partial charge in [-0.2, -0.15) is 11.8 Å². The molecule has 0 saturated carbocycles. The zero-order valence-electron chi connectivity index (χ0n) is 15.4. The van der Waals surface area contributed by atoms with Crippen molar-refractivity contribution in [3.05, 3.63) is 58.7 Å². The van der Waals surface area contributed by atoms with Gasteiger partial charge in [-0.1, -0.05) is 12.1 Å². The standard InChI is InChI=1S/C20H25NO3S/c1-13-10-18(23-3)19(24-4)11-17(13)14(2)21-20(22)16-8-6-15(7-9-16)12-25-5/h6-11,14H,12H2,1-5H3,(H,21,22). The second kappa shape index (κ2) is 8.81. The van der Waals surface area contributed by atoms with Gasteiger partial charge < -0.3 is 14.8 Å². The molecule has 0 aliphatic heterocycles. The number of thioether (sulfide) groups is 1. The fraction of sp³-hybridized carbons (Fsp3) is 0.350. The van der Waals surface area contributed by atoms with Crippen LogP contribution in [0.25, 0.3) is 0 Å². The summed E-state index contributed by atoms with van der Waals surface area (Å²) in [6, 6.07) is 11.4. The van der Waals surface area contributed by atoms with Gasteiger partial charge in [-0.15, -0.1) is 0 Å². The Morgan fingerprint density at radius 1 is 1.12 bits per heavy atom. The van der Waals surface area contributed by atoms with Crippen molar-refractivity contribution in [2.75, 3.05) is 20.5 Å². The maximum atomic E-state index is 12.5. The second-order valence-corrected chi connectivity index (χ2v) is 6.75. The highest BCUT2D eigenvalue weighted by atomic mass is 32.2. The maximum absolute atomic E-state index is 12.5. The van der Waals surface area contributed by atoms with Crippen LogP contribution in [0.2, 0.25) is 0 Å². The van der Waals surface area contributed by atoms with Crippen molar-refractivity contribution in [1.29, 1.82) is 0 Å². The summed E-state index contributed by atoms with van der Waals surface area (Å²) in [5, 5.41) is 3.05. The number of carbonyl (C=O) groups excluding carboxylic acids is 1. The third kappa shape index (κ3) is 4.69. The molecule has 5 heteroatoms. The minimum atomic E-state index is -0.141. The van der Waals surface area contributed by atoms with Gasteiger partial charge in [0.15, 0.2) is 11.5 Å². The van der Waals surface area contributed by atoms with Gasteiger partial charge >= 0.3 is 0 Å². The average Bonchev–Trinajstić information content (AvgIpc) is 2.62. The Bertz CT molecular complexity index is 728. The van der Waals surface area contributed by atoms with Gasteiger partial charge in [0.25, 0.3) is 5.91 Å². The average molecular weight is 359 g/mol. The summed E-state index contributed by atoms with van der Waals surface area (Å²) in [6.07, 6.45) is 2.06. The first-order chi connectivity index (χ1) is 12.0. The molecule has 0 aromatic heterocycles. The molecule has 4 nitrogen and oxygen atoms in total. The fourth-order valence-electron chi connectivity index (χ4n) is 2.74. The van der Waals surface area contributed by atoms with Crippen LogP contribution in [0.15, 0.2) is 36.4 Å².